The Labute approximate surface area is 188 Å². The van der Waals surface area contributed by atoms with Gasteiger partial charge < -0.3 is 15.4 Å². The summed E-state index contributed by atoms with van der Waals surface area (Å²) in [7, 11) is 1.76. The Morgan fingerprint density at radius 2 is 2.04 bits per heavy atom. The first-order chi connectivity index (χ1) is 13.2. The number of nitrogens with one attached hydrogen (secondary N) is 2. The Hall–Kier alpha value is -1.61. The second kappa shape index (κ2) is 12.1. The van der Waals surface area contributed by atoms with E-state index in [-0.39, 0.29) is 24.0 Å². The third-order valence-electron chi connectivity index (χ3n) is 4.60. The summed E-state index contributed by atoms with van der Waals surface area (Å²) in [6, 6.07) is 7.76. The van der Waals surface area contributed by atoms with E-state index in [2.05, 4.69) is 25.6 Å². The van der Waals surface area contributed by atoms with Crippen molar-refractivity contribution in [2.45, 2.75) is 44.8 Å². The fraction of sp³-hybridized carbons (Fsp3) is 0.450. The van der Waals surface area contributed by atoms with Crippen molar-refractivity contribution in [3.8, 4) is 5.88 Å². The average molecular weight is 516 g/mol. The molecule has 1 fully saturated rings. The lowest BCUT2D eigenvalue weighted by atomic mass is 10.2. The van der Waals surface area contributed by atoms with Crippen LogP contribution >= 0.6 is 35.6 Å². The maximum Gasteiger partial charge on any atom is 0.218 e. The summed E-state index contributed by atoms with van der Waals surface area (Å²) < 4.78 is 6.09. The number of aliphatic imine (C=N–C) groups is 1. The van der Waals surface area contributed by atoms with Gasteiger partial charge in [-0.1, -0.05) is 23.7 Å². The fourth-order valence-corrected chi connectivity index (χ4v) is 3.22. The Morgan fingerprint density at radius 3 is 2.75 bits per heavy atom. The summed E-state index contributed by atoms with van der Waals surface area (Å²) in [6.07, 6.45) is 9.43. The standard InChI is InChI=1S/C20H26ClN5O.HI/c1-22-20(24-12-10-15-8-9-18(21)25-13-15)26-14-16-5-4-11-23-19(16)27-17-6-2-3-7-17;/h4-5,8-9,11,13,17H,2-3,6-7,10,12,14H2,1H3,(H2,22,24,26);1H. The number of rotatable bonds is 7. The minimum atomic E-state index is 0. The zero-order valence-corrected chi connectivity index (χ0v) is 19.1. The van der Waals surface area contributed by atoms with Crippen LogP contribution in [0.15, 0.2) is 41.7 Å². The first kappa shape index (κ1) is 22.7. The van der Waals surface area contributed by atoms with E-state index < -0.39 is 0 Å². The van der Waals surface area contributed by atoms with Crippen molar-refractivity contribution >= 4 is 41.5 Å². The van der Waals surface area contributed by atoms with Crippen molar-refractivity contribution in [3.05, 3.63) is 52.9 Å². The van der Waals surface area contributed by atoms with E-state index in [0.29, 0.717) is 17.8 Å². The van der Waals surface area contributed by atoms with E-state index in [1.165, 1.54) is 12.8 Å². The monoisotopic (exact) mass is 515 g/mol. The molecule has 2 aromatic heterocycles. The van der Waals surface area contributed by atoms with Gasteiger partial charge in [0.05, 0.1) is 0 Å². The van der Waals surface area contributed by atoms with Crippen molar-refractivity contribution < 1.29 is 4.74 Å². The lowest BCUT2D eigenvalue weighted by Crippen LogP contribution is -2.38. The Morgan fingerprint density at radius 1 is 1.21 bits per heavy atom. The molecule has 0 saturated heterocycles. The van der Waals surface area contributed by atoms with Gasteiger partial charge in [0.25, 0.3) is 0 Å². The molecule has 0 aromatic carbocycles. The number of ether oxygens (including phenoxy) is 1. The van der Waals surface area contributed by atoms with Gasteiger partial charge in [0.1, 0.15) is 11.3 Å². The Bertz CT molecular complexity index is 751. The second-order valence-electron chi connectivity index (χ2n) is 6.58. The van der Waals surface area contributed by atoms with E-state index in [4.69, 9.17) is 16.3 Å². The van der Waals surface area contributed by atoms with Crippen LogP contribution in [-0.2, 0) is 13.0 Å². The number of pyridine rings is 2. The highest BCUT2D eigenvalue weighted by Crippen LogP contribution is 2.24. The summed E-state index contributed by atoms with van der Waals surface area (Å²) in [5.74, 6) is 1.46. The van der Waals surface area contributed by atoms with Crippen LogP contribution in [0.4, 0.5) is 0 Å². The molecular weight excluding hydrogens is 489 g/mol. The largest absolute Gasteiger partial charge is 0.474 e. The van der Waals surface area contributed by atoms with Crippen LogP contribution in [0.2, 0.25) is 5.15 Å². The van der Waals surface area contributed by atoms with Crippen LogP contribution in [0.1, 0.15) is 36.8 Å². The minimum Gasteiger partial charge on any atom is -0.474 e. The lowest BCUT2D eigenvalue weighted by molar-refractivity contribution is 0.199. The smallest absolute Gasteiger partial charge is 0.218 e. The number of halogens is 2. The van der Waals surface area contributed by atoms with Crippen LogP contribution in [0.5, 0.6) is 5.88 Å². The SMILES string of the molecule is CN=C(NCCc1ccc(Cl)nc1)NCc1cccnc1OC1CCCC1.I. The summed E-state index contributed by atoms with van der Waals surface area (Å²) in [6.45, 7) is 1.36. The average Bonchev–Trinajstić information content (AvgIpc) is 3.20. The Kier molecular flexibility index (Phi) is 9.77. The van der Waals surface area contributed by atoms with Crippen molar-refractivity contribution in [3.63, 3.8) is 0 Å². The molecule has 1 saturated carbocycles. The maximum absolute atomic E-state index is 6.09. The number of nitrogens with zero attached hydrogens (tertiary/aromatic N) is 3. The zero-order valence-electron chi connectivity index (χ0n) is 16.0. The third kappa shape index (κ3) is 7.09. The molecule has 0 atom stereocenters. The summed E-state index contributed by atoms with van der Waals surface area (Å²) >= 11 is 5.81. The molecule has 1 aliphatic rings. The summed E-state index contributed by atoms with van der Waals surface area (Å²) in [4.78, 5) is 12.8. The van der Waals surface area contributed by atoms with Gasteiger partial charge in [0, 0.05) is 38.1 Å². The van der Waals surface area contributed by atoms with Crippen LogP contribution in [-0.4, -0.2) is 35.6 Å². The van der Waals surface area contributed by atoms with Gasteiger partial charge in [0.2, 0.25) is 5.88 Å². The van der Waals surface area contributed by atoms with Crippen molar-refractivity contribution in [1.29, 1.82) is 0 Å². The minimum absolute atomic E-state index is 0. The van der Waals surface area contributed by atoms with E-state index in [9.17, 15) is 0 Å². The normalized spacial score (nSPS) is 14.4. The molecule has 2 N–H and O–H groups in total. The van der Waals surface area contributed by atoms with E-state index >= 15 is 0 Å². The molecule has 28 heavy (non-hydrogen) atoms. The van der Waals surface area contributed by atoms with E-state index in [1.54, 1.807) is 25.5 Å². The maximum atomic E-state index is 6.09. The first-order valence-corrected chi connectivity index (χ1v) is 9.78. The molecule has 152 valence electrons. The molecule has 0 bridgehead atoms. The second-order valence-corrected chi connectivity index (χ2v) is 6.97. The van der Waals surface area contributed by atoms with E-state index in [0.717, 1.165) is 48.8 Å². The predicted molar refractivity (Wildman–Crippen MR) is 124 cm³/mol. The quantitative estimate of drug-likeness (QED) is 0.253. The predicted octanol–water partition coefficient (Wildman–Crippen LogP) is 3.98. The number of aromatic nitrogens is 2. The van der Waals surface area contributed by atoms with Gasteiger partial charge in [-0.2, -0.15) is 0 Å². The first-order valence-electron chi connectivity index (χ1n) is 9.40. The zero-order chi connectivity index (χ0) is 18.9. The van der Waals surface area contributed by atoms with Crippen LogP contribution in [0.25, 0.3) is 0 Å². The molecule has 0 radical (unpaired) electrons. The highest BCUT2D eigenvalue weighted by molar-refractivity contribution is 14.0. The van der Waals surface area contributed by atoms with Crippen LogP contribution in [0.3, 0.4) is 0 Å². The molecule has 3 rings (SSSR count). The molecule has 2 heterocycles. The van der Waals surface area contributed by atoms with Gasteiger partial charge in [-0.3, -0.25) is 4.99 Å². The van der Waals surface area contributed by atoms with E-state index in [1.807, 2.05) is 18.2 Å². The lowest BCUT2D eigenvalue weighted by Gasteiger charge is -2.16. The fourth-order valence-electron chi connectivity index (χ4n) is 3.11. The molecule has 0 unspecified atom stereocenters. The van der Waals surface area contributed by atoms with Crippen LogP contribution in [0, 0.1) is 0 Å². The number of hydrogen-bond acceptors (Lipinski definition) is 4. The topological polar surface area (TPSA) is 71.4 Å². The van der Waals surface area contributed by atoms with Gasteiger partial charge in [-0.15, -0.1) is 24.0 Å². The van der Waals surface area contributed by atoms with Crippen molar-refractivity contribution in [1.82, 2.24) is 20.6 Å². The molecule has 1 aliphatic carbocycles. The van der Waals surface area contributed by atoms with Crippen LogP contribution < -0.4 is 15.4 Å². The molecule has 0 aliphatic heterocycles. The van der Waals surface area contributed by atoms with Gasteiger partial charge in [-0.05, 0) is 49.8 Å². The molecule has 6 nitrogen and oxygen atoms in total. The van der Waals surface area contributed by atoms with Gasteiger partial charge >= 0.3 is 0 Å². The molecular formula is C20H27ClIN5O. The number of guanidine groups is 1. The highest BCUT2D eigenvalue weighted by Gasteiger charge is 2.18. The molecule has 2 aromatic rings. The Balaban J connectivity index is 0.00000280. The number of hydrogen-bond donors (Lipinski definition) is 2. The van der Waals surface area contributed by atoms with Gasteiger partial charge in [0.15, 0.2) is 5.96 Å². The van der Waals surface area contributed by atoms with Crippen molar-refractivity contribution in [2.75, 3.05) is 13.6 Å². The third-order valence-corrected chi connectivity index (χ3v) is 4.82. The molecule has 8 heteroatoms. The highest BCUT2D eigenvalue weighted by atomic mass is 127. The van der Waals surface area contributed by atoms with Crippen molar-refractivity contribution in [2.24, 2.45) is 4.99 Å². The molecule has 0 amide bonds. The summed E-state index contributed by atoms with van der Waals surface area (Å²) in [5, 5.41) is 7.15. The summed E-state index contributed by atoms with van der Waals surface area (Å²) in [5.41, 5.74) is 2.16. The molecule has 0 spiro atoms. The van der Waals surface area contributed by atoms with Gasteiger partial charge in [-0.25, -0.2) is 9.97 Å².